The molecule has 0 aliphatic carbocycles. The Morgan fingerprint density at radius 1 is 1.13 bits per heavy atom. The van der Waals surface area contributed by atoms with Crippen molar-refractivity contribution < 1.29 is 35.9 Å². The van der Waals surface area contributed by atoms with Gasteiger partial charge in [0.15, 0.2) is 0 Å². The second-order valence-corrected chi connectivity index (χ2v) is 7.54. The molecular formula is C18H20F3N3O5S. The number of hydrogen-bond acceptors (Lipinski definition) is 5. The van der Waals surface area contributed by atoms with Crippen LogP contribution in [-0.2, 0) is 22.7 Å². The number of halogens is 3. The molecular weight excluding hydrogens is 427 g/mol. The van der Waals surface area contributed by atoms with E-state index in [0.717, 1.165) is 12.1 Å². The van der Waals surface area contributed by atoms with Gasteiger partial charge in [-0.3, -0.25) is 0 Å². The molecule has 0 unspecified atom stereocenters. The number of amides is 2. The number of rotatable bonds is 8. The molecule has 0 atom stereocenters. The minimum absolute atomic E-state index is 0.00678. The summed E-state index contributed by atoms with van der Waals surface area (Å²) in [6.45, 7) is -0.00716. The second-order valence-electron chi connectivity index (χ2n) is 6.01. The fourth-order valence-corrected chi connectivity index (χ4v) is 3.14. The first kappa shape index (κ1) is 23.3. The highest BCUT2D eigenvalue weighted by atomic mass is 32.2. The van der Waals surface area contributed by atoms with E-state index >= 15 is 0 Å². The number of carbonyl (C=O) groups excluding carboxylic acids is 1. The van der Waals surface area contributed by atoms with Crippen LogP contribution in [0, 0.1) is 0 Å². The lowest BCUT2D eigenvalue weighted by Crippen LogP contribution is -2.37. The number of benzene rings is 2. The topological polar surface area (TPSA) is 120 Å². The second kappa shape index (κ2) is 9.67. The third-order valence-corrected chi connectivity index (χ3v) is 4.74. The normalized spacial score (nSPS) is 11.6. The average molecular weight is 447 g/mol. The smallest absolute Gasteiger partial charge is 0.416 e. The standard InChI is InChI=1S/C18H20F3N3O5S/c1-28-15-6-5-12(9-16(15)30(22,26)27)11-24-17(25)23-7-8-29-14-4-2-3-13(10-14)18(19,20)21/h2-6,9-10H,7-8,11H2,1H3,(H2,22,26,27)(H2,23,24,25). The zero-order valence-corrected chi connectivity index (χ0v) is 16.6. The summed E-state index contributed by atoms with van der Waals surface area (Å²) in [6, 6.07) is 8.08. The Hall–Kier alpha value is -2.99. The van der Waals surface area contributed by atoms with Crippen LogP contribution in [0.4, 0.5) is 18.0 Å². The van der Waals surface area contributed by atoms with Crippen LogP contribution in [0.15, 0.2) is 47.4 Å². The van der Waals surface area contributed by atoms with Gasteiger partial charge in [-0.2, -0.15) is 13.2 Å². The van der Waals surface area contributed by atoms with Gasteiger partial charge in [0.1, 0.15) is 23.0 Å². The summed E-state index contributed by atoms with van der Waals surface area (Å²) < 4.78 is 71.3. The van der Waals surface area contributed by atoms with Gasteiger partial charge in [0.05, 0.1) is 19.2 Å². The molecule has 30 heavy (non-hydrogen) atoms. The lowest BCUT2D eigenvalue weighted by atomic mass is 10.2. The van der Waals surface area contributed by atoms with Crippen LogP contribution in [-0.4, -0.2) is 34.7 Å². The van der Waals surface area contributed by atoms with Gasteiger partial charge >= 0.3 is 12.2 Å². The fourth-order valence-electron chi connectivity index (χ4n) is 2.39. The molecule has 0 saturated carbocycles. The molecule has 12 heteroatoms. The minimum Gasteiger partial charge on any atom is -0.495 e. The van der Waals surface area contributed by atoms with Gasteiger partial charge in [-0.1, -0.05) is 12.1 Å². The lowest BCUT2D eigenvalue weighted by molar-refractivity contribution is -0.137. The Morgan fingerprint density at radius 3 is 2.50 bits per heavy atom. The first-order valence-corrected chi connectivity index (χ1v) is 10.1. The number of methoxy groups -OCH3 is 1. The van der Waals surface area contributed by atoms with Gasteiger partial charge in [-0.05, 0) is 35.9 Å². The van der Waals surface area contributed by atoms with Crippen LogP contribution in [0.5, 0.6) is 11.5 Å². The zero-order chi connectivity index (χ0) is 22.4. The van der Waals surface area contributed by atoms with Crippen molar-refractivity contribution >= 4 is 16.1 Å². The van der Waals surface area contributed by atoms with E-state index in [1.807, 2.05) is 0 Å². The molecule has 0 spiro atoms. The fraction of sp³-hybridized carbons (Fsp3) is 0.278. The van der Waals surface area contributed by atoms with Crippen molar-refractivity contribution in [1.29, 1.82) is 0 Å². The van der Waals surface area contributed by atoms with Crippen LogP contribution >= 0.6 is 0 Å². The Kier molecular flexibility index (Phi) is 7.51. The number of urea groups is 1. The number of primary sulfonamides is 1. The molecule has 2 rings (SSSR count). The van der Waals surface area contributed by atoms with Crippen LogP contribution in [0.1, 0.15) is 11.1 Å². The maximum atomic E-state index is 12.7. The van der Waals surface area contributed by atoms with Crippen molar-refractivity contribution in [2.75, 3.05) is 20.3 Å². The number of hydrogen-bond donors (Lipinski definition) is 3. The molecule has 0 aliphatic heterocycles. The third-order valence-electron chi connectivity index (χ3n) is 3.81. The highest BCUT2D eigenvalue weighted by molar-refractivity contribution is 7.89. The molecule has 2 aromatic carbocycles. The monoisotopic (exact) mass is 447 g/mol. The van der Waals surface area contributed by atoms with E-state index in [1.54, 1.807) is 6.07 Å². The molecule has 0 fully saturated rings. The molecule has 0 heterocycles. The van der Waals surface area contributed by atoms with Crippen molar-refractivity contribution in [3.8, 4) is 11.5 Å². The van der Waals surface area contributed by atoms with Gasteiger partial charge in [0.25, 0.3) is 0 Å². The molecule has 8 nitrogen and oxygen atoms in total. The zero-order valence-electron chi connectivity index (χ0n) is 15.8. The molecule has 0 aromatic heterocycles. The molecule has 2 aromatic rings. The lowest BCUT2D eigenvalue weighted by Gasteiger charge is -2.12. The van der Waals surface area contributed by atoms with Crippen molar-refractivity contribution in [2.45, 2.75) is 17.6 Å². The summed E-state index contributed by atoms with van der Waals surface area (Å²) in [6.07, 6.45) is -4.47. The molecule has 0 aliphatic rings. The van der Waals surface area contributed by atoms with Crippen LogP contribution in [0.2, 0.25) is 0 Å². The van der Waals surface area contributed by atoms with Gasteiger partial charge < -0.3 is 20.1 Å². The highest BCUT2D eigenvalue weighted by Crippen LogP contribution is 2.31. The first-order chi connectivity index (χ1) is 14.0. The number of alkyl halides is 3. The minimum atomic E-state index is -4.47. The van der Waals surface area contributed by atoms with Gasteiger partial charge in [0, 0.05) is 6.54 Å². The quantitative estimate of drug-likeness (QED) is 0.536. The van der Waals surface area contributed by atoms with Crippen molar-refractivity contribution in [2.24, 2.45) is 5.14 Å². The summed E-state index contributed by atoms with van der Waals surface area (Å²) in [5.41, 5.74) is -0.362. The van der Waals surface area contributed by atoms with Crippen molar-refractivity contribution in [3.05, 3.63) is 53.6 Å². The van der Waals surface area contributed by atoms with E-state index in [2.05, 4.69) is 10.6 Å². The van der Waals surface area contributed by atoms with E-state index in [0.29, 0.717) is 5.56 Å². The van der Waals surface area contributed by atoms with E-state index in [4.69, 9.17) is 14.6 Å². The van der Waals surface area contributed by atoms with Gasteiger partial charge in [0.2, 0.25) is 10.0 Å². The summed E-state index contributed by atoms with van der Waals surface area (Å²) in [5, 5.41) is 10.1. The third kappa shape index (κ3) is 6.81. The van der Waals surface area contributed by atoms with E-state index in [1.165, 1.54) is 31.4 Å². The van der Waals surface area contributed by atoms with E-state index in [-0.39, 0.29) is 36.1 Å². The molecule has 0 saturated heterocycles. The number of ether oxygens (including phenoxy) is 2. The Bertz CT molecular complexity index is 997. The Labute approximate surface area is 171 Å². The maximum Gasteiger partial charge on any atom is 0.416 e. The molecule has 0 radical (unpaired) electrons. The van der Waals surface area contributed by atoms with E-state index in [9.17, 15) is 26.4 Å². The van der Waals surface area contributed by atoms with Crippen LogP contribution in [0.3, 0.4) is 0 Å². The highest BCUT2D eigenvalue weighted by Gasteiger charge is 2.30. The number of nitrogens with two attached hydrogens (primary N) is 1. The number of nitrogens with one attached hydrogen (secondary N) is 2. The Morgan fingerprint density at radius 2 is 1.87 bits per heavy atom. The predicted octanol–water partition coefficient (Wildman–Crippen LogP) is 2.24. The van der Waals surface area contributed by atoms with Crippen molar-refractivity contribution in [3.63, 3.8) is 0 Å². The van der Waals surface area contributed by atoms with Gasteiger partial charge in [-0.25, -0.2) is 18.4 Å². The summed E-state index contributed by atoms with van der Waals surface area (Å²) >= 11 is 0. The maximum absolute atomic E-state index is 12.7. The summed E-state index contributed by atoms with van der Waals surface area (Å²) in [5.74, 6) is 0.109. The Balaban J connectivity index is 1.81. The SMILES string of the molecule is COc1ccc(CNC(=O)NCCOc2cccc(C(F)(F)F)c2)cc1S(N)(=O)=O. The first-order valence-electron chi connectivity index (χ1n) is 8.52. The number of sulfonamides is 1. The largest absolute Gasteiger partial charge is 0.495 e. The molecule has 2 amide bonds. The van der Waals surface area contributed by atoms with Crippen LogP contribution < -0.4 is 25.2 Å². The number of carbonyl (C=O) groups is 1. The van der Waals surface area contributed by atoms with Crippen LogP contribution in [0.25, 0.3) is 0 Å². The van der Waals surface area contributed by atoms with Gasteiger partial charge in [-0.15, -0.1) is 0 Å². The predicted molar refractivity (Wildman–Crippen MR) is 102 cm³/mol. The molecule has 164 valence electrons. The summed E-state index contributed by atoms with van der Waals surface area (Å²) in [4.78, 5) is 11.6. The van der Waals surface area contributed by atoms with Crippen molar-refractivity contribution in [1.82, 2.24) is 10.6 Å². The summed E-state index contributed by atoms with van der Waals surface area (Å²) in [7, 11) is -2.70. The molecule has 4 N–H and O–H groups in total. The van der Waals surface area contributed by atoms with E-state index < -0.39 is 27.8 Å². The average Bonchev–Trinajstić information content (AvgIpc) is 2.68. The molecule has 0 bridgehead atoms.